The number of rotatable bonds is 0. The van der Waals surface area contributed by atoms with E-state index in [4.69, 9.17) is 0 Å². The molecule has 2 heteroatoms. The zero-order chi connectivity index (χ0) is 11.2. The fraction of sp³-hybridized carbons (Fsp3) is 1.00. The molecule has 0 saturated heterocycles. The van der Waals surface area contributed by atoms with Crippen molar-refractivity contribution in [3.8, 4) is 0 Å². The van der Waals surface area contributed by atoms with Gasteiger partial charge in [-0.15, -0.1) is 0 Å². The van der Waals surface area contributed by atoms with Gasteiger partial charge in [0, 0.05) is 10.8 Å². The molecule has 2 nitrogen and oxygen atoms in total. The third kappa shape index (κ3) is 0.527. The molecule has 0 bridgehead atoms. The maximum atomic E-state index is 10.4. The van der Waals surface area contributed by atoms with Crippen LogP contribution in [0.1, 0.15) is 41.5 Å². The molecule has 2 aliphatic rings. The van der Waals surface area contributed by atoms with Crippen molar-refractivity contribution < 1.29 is 10.2 Å². The van der Waals surface area contributed by atoms with Crippen LogP contribution in [0.2, 0.25) is 0 Å². The van der Waals surface area contributed by atoms with Crippen LogP contribution in [0.4, 0.5) is 0 Å². The first-order valence-corrected chi connectivity index (χ1v) is 5.51. The first kappa shape index (κ1) is 10.4. The van der Waals surface area contributed by atoms with Gasteiger partial charge in [-0.25, -0.2) is 0 Å². The molecule has 0 aromatic carbocycles. The monoisotopic (exact) mass is 198 g/mol. The van der Waals surface area contributed by atoms with E-state index >= 15 is 0 Å². The summed E-state index contributed by atoms with van der Waals surface area (Å²) in [5, 5.41) is 20.8. The number of hydrogen-bond donors (Lipinski definition) is 2. The minimum absolute atomic E-state index is 0.136. The van der Waals surface area contributed by atoms with Crippen LogP contribution in [-0.2, 0) is 0 Å². The van der Waals surface area contributed by atoms with Gasteiger partial charge in [0.1, 0.15) is 0 Å². The van der Waals surface area contributed by atoms with Gasteiger partial charge in [-0.05, 0) is 25.7 Å². The molecule has 0 aromatic rings. The van der Waals surface area contributed by atoms with Crippen LogP contribution in [0.5, 0.6) is 0 Å². The molecule has 2 rings (SSSR count). The molecule has 2 fully saturated rings. The number of fused-ring (bicyclic) bond motifs is 1. The van der Waals surface area contributed by atoms with Gasteiger partial charge in [0.25, 0.3) is 0 Å². The molecular weight excluding hydrogens is 176 g/mol. The van der Waals surface area contributed by atoms with Crippen molar-refractivity contribution >= 4 is 0 Å². The molecule has 6 atom stereocenters. The molecule has 0 aliphatic heterocycles. The van der Waals surface area contributed by atoms with Crippen molar-refractivity contribution in [1.29, 1.82) is 0 Å². The molecule has 0 heterocycles. The fourth-order valence-corrected chi connectivity index (χ4v) is 4.70. The Morgan fingerprint density at radius 2 is 0.929 bits per heavy atom. The summed E-state index contributed by atoms with van der Waals surface area (Å²) < 4.78 is 0. The molecule has 14 heavy (non-hydrogen) atoms. The Balaban J connectivity index is 2.51. The molecule has 2 aliphatic carbocycles. The molecule has 0 radical (unpaired) electrons. The summed E-state index contributed by atoms with van der Waals surface area (Å²) in [5.74, 6) is 0.949. The SMILES string of the molecule is CC1C(C)C2(C)C(C)(O)C(C)(O)C12C. The molecule has 0 amide bonds. The second-order valence-electron chi connectivity index (χ2n) is 6.13. The van der Waals surface area contributed by atoms with E-state index < -0.39 is 11.2 Å². The molecule has 2 saturated carbocycles. The van der Waals surface area contributed by atoms with Crippen LogP contribution in [0.3, 0.4) is 0 Å². The highest BCUT2D eigenvalue weighted by Gasteiger charge is 2.88. The van der Waals surface area contributed by atoms with Crippen LogP contribution in [0.25, 0.3) is 0 Å². The zero-order valence-electron chi connectivity index (χ0n) is 10.0. The lowest BCUT2D eigenvalue weighted by Crippen LogP contribution is -2.93. The van der Waals surface area contributed by atoms with Crippen LogP contribution in [0, 0.1) is 22.7 Å². The van der Waals surface area contributed by atoms with Crippen molar-refractivity contribution in [2.24, 2.45) is 22.7 Å². The molecule has 6 unspecified atom stereocenters. The topological polar surface area (TPSA) is 40.5 Å². The largest absolute Gasteiger partial charge is 0.387 e. The summed E-state index contributed by atoms with van der Waals surface area (Å²) in [4.78, 5) is 0. The van der Waals surface area contributed by atoms with Gasteiger partial charge in [-0.1, -0.05) is 27.7 Å². The Morgan fingerprint density at radius 3 is 1.14 bits per heavy atom. The first-order chi connectivity index (χ1) is 6.07. The van der Waals surface area contributed by atoms with Gasteiger partial charge in [-0.3, -0.25) is 0 Å². The molecule has 0 spiro atoms. The van der Waals surface area contributed by atoms with Gasteiger partial charge < -0.3 is 10.2 Å². The highest BCUT2D eigenvalue weighted by Crippen LogP contribution is 2.83. The lowest BCUT2D eigenvalue weighted by molar-refractivity contribution is -0.464. The maximum Gasteiger partial charge on any atom is 0.0970 e. The average Bonchev–Trinajstić information content (AvgIpc) is 2.11. The quantitative estimate of drug-likeness (QED) is 0.623. The molecule has 82 valence electrons. The van der Waals surface area contributed by atoms with Crippen molar-refractivity contribution in [2.45, 2.75) is 52.7 Å². The van der Waals surface area contributed by atoms with Crippen LogP contribution in [-0.4, -0.2) is 21.4 Å². The van der Waals surface area contributed by atoms with Gasteiger partial charge >= 0.3 is 0 Å². The zero-order valence-corrected chi connectivity index (χ0v) is 10.0. The lowest BCUT2D eigenvalue weighted by atomic mass is 9.20. The Bertz CT molecular complexity index is 265. The molecular formula is C12H22O2. The number of hydrogen-bond acceptors (Lipinski definition) is 2. The minimum atomic E-state index is -0.958. The Hall–Kier alpha value is -0.0800. The average molecular weight is 198 g/mol. The minimum Gasteiger partial charge on any atom is -0.387 e. The smallest absolute Gasteiger partial charge is 0.0970 e. The maximum absolute atomic E-state index is 10.4. The van der Waals surface area contributed by atoms with E-state index in [1.54, 1.807) is 13.8 Å². The normalized spacial score (nSPS) is 72.0. The van der Waals surface area contributed by atoms with Crippen molar-refractivity contribution in [3.63, 3.8) is 0 Å². The lowest BCUT2D eigenvalue weighted by Gasteiger charge is -2.86. The van der Waals surface area contributed by atoms with Gasteiger partial charge in [-0.2, -0.15) is 0 Å². The Labute approximate surface area is 86.3 Å². The molecule has 2 N–H and O–H groups in total. The molecule has 0 aromatic heterocycles. The number of aliphatic hydroxyl groups is 2. The van der Waals surface area contributed by atoms with E-state index in [1.807, 2.05) is 0 Å². The third-order valence-electron chi connectivity index (χ3n) is 6.62. The van der Waals surface area contributed by atoms with Gasteiger partial charge in [0.15, 0.2) is 0 Å². The van der Waals surface area contributed by atoms with E-state index in [9.17, 15) is 10.2 Å². The summed E-state index contributed by atoms with van der Waals surface area (Å²) in [6, 6.07) is 0. The summed E-state index contributed by atoms with van der Waals surface area (Å²) in [5.41, 5.74) is -2.19. The van der Waals surface area contributed by atoms with Crippen LogP contribution >= 0.6 is 0 Å². The predicted octanol–water partition coefficient (Wildman–Crippen LogP) is 1.80. The Morgan fingerprint density at radius 1 is 0.714 bits per heavy atom. The van der Waals surface area contributed by atoms with Gasteiger partial charge in [0.2, 0.25) is 0 Å². The standard InChI is InChI=1S/C12H22O2/c1-7-8(2)10(4)9(7,3)11(5,13)12(10,6)14/h7-8,13-14H,1-6H3. The second kappa shape index (κ2) is 2.05. The van der Waals surface area contributed by atoms with Crippen molar-refractivity contribution in [1.82, 2.24) is 0 Å². The highest BCUT2D eigenvalue weighted by atomic mass is 16.4. The summed E-state index contributed by atoms with van der Waals surface area (Å²) in [6.07, 6.45) is 0. The van der Waals surface area contributed by atoms with E-state index in [0.29, 0.717) is 11.8 Å². The van der Waals surface area contributed by atoms with Crippen LogP contribution < -0.4 is 0 Å². The highest BCUT2D eigenvalue weighted by molar-refractivity contribution is 5.37. The summed E-state index contributed by atoms with van der Waals surface area (Å²) >= 11 is 0. The first-order valence-electron chi connectivity index (χ1n) is 5.51. The summed E-state index contributed by atoms with van der Waals surface area (Å²) in [6.45, 7) is 12.1. The van der Waals surface area contributed by atoms with Gasteiger partial charge in [0.05, 0.1) is 11.2 Å². The predicted molar refractivity (Wildman–Crippen MR) is 55.8 cm³/mol. The summed E-state index contributed by atoms with van der Waals surface area (Å²) in [7, 11) is 0. The third-order valence-corrected chi connectivity index (χ3v) is 6.62. The second-order valence-corrected chi connectivity index (χ2v) is 6.13. The van der Waals surface area contributed by atoms with E-state index in [-0.39, 0.29) is 10.8 Å². The Kier molecular flexibility index (Phi) is 1.53. The van der Waals surface area contributed by atoms with Crippen molar-refractivity contribution in [3.05, 3.63) is 0 Å². The van der Waals surface area contributed by atoms with E-state index in [0.717, 1.165) is 0 Å². The fourth-order valence-electron chi connectivity index (χ4n) is 4.70. The van der Waals surface area contributed by atoms with Crippen LogP contribution in [0.15, 0.2) is 0 Å². The van der Waals surface area contributed by atoms with Crippen molar-refractivity contribution in [2.75, 3.05) is 0 Å². The van der Waals surface area contributed by atoms with E-state index in [2.05, 4.69) is 27.7 Å². The van der Waals surface area contributed by atoms with E-state index in [1.165, 1.54) is 0 Å².